The van der Waals surface area contributed by atoms with E-state index >= 15 is 0 Å². The molecule has 0 aliphatic carbocycles. The largest absolute Gasteiger partial charge is 0.460 e. The number of rotatable bonds is 14. The van der Waals surface area contributed by atoms with E-state index < -0.39 is 0 Å². The van der Waals surface area contributed by atoms with Crippen LogP contribution in [0.15, 0.2) is 12.7 Å². The van der Waals surface area contributed by atoms with Gasteiger partial charge in [0.25, 0.3) is 0 Å². The predicted molar refractivity (Wildman–Crippen MR) is 88.5 cm³/mol. The second-order valence-electron chi connectivity index (χ2n) is 5.68. The Labute approximate surface area is 140 Å². The zero-order valence-corrected chi connectivity index (χ0v) is 15.1. The summed E-state index contributed by atoms with van der Waals surface area (Å²) in [5, 5.41) is 0. The Hall–Kier alpha value is -0.950. The third-order valence-electron chi connectivity index (χ3n) is 2.80. The number of hydrogen-bond donors (Lipinski definition) is 0. The van der Waals surface area contributed by atoms with Crippen LogP contribution >= 0.6 is 0 Å². The van der Waals surface area contributed by atoms with Gasteiger partial charge in [0.1, 0.15) is 6.10 Å². The standard InChI is InChI=1S/C17H32O6/c1-7-8-19-9-13(2)20-10-14(3)21-11-15(4)22-12-16(5)23-17(6)18/h7,13-16H,1,8-12H2,2-6H3. The van der Waals surface area contributed by atoms with Gasteiger partial charge in [-0.1, -0.05) is 6.08 Å². The SMILES string of the molecule is C=CCOCC(C)OCC(C)OCC(C)OCC(C)OC(C)=O. The molecule has 0 radical (unpaired) electrons. The fraction of sp³-hybridized carbons (Fsp3) is 0.824. The normalized spacial score (nSPS) is 16.4. The molecule has 0 aromatic carbocycles. The molecule has 0 aliphatic rings. The van der Waals surface area contributed by atoms with Crippen molar-refractivity contribution < 1.29 is 28.5 Å². The molecule has 0 spiro atoms. The van der Waals surface area contributed by atoms with E-state index in [0.717, 1.165) is 0 Å². The summed E-state index contributed by atoms with van der Waals surface area (Å²) in [6.45, 7) is 15.0. The van der Waals surface area contributed by atoms with Gasteiger partial charge in [0, 0.05) is 6.92 Å². The first-order valence-electron chi connectivity index (χ1n) is 8.05. The van der Waals surface area contributed by atoms with Crippen molar-refractivity contribution in [3.8, 4) is 0 Å². The summed E-state index contributed by atoms with van der Waals surface area (Å²) in [5.74, 6) is -0.304. The van der Waals surface area contributed by atoms with Crippen molar-refractivity contribution in [3.63, 3.8) is 0 Å². The van der Waals surface area contributed by atoms with Crippen LogP contribution in [-0.2, 0) is 28.5 Å². The Morgan fingerprint density at radius 2 is 1.30 bits per heavy atom. The van der Waals surface area contributed by atoms with E-state index in [-0.39, 0.29) is 30.4 Å². The summed E-state index contributed by atoms with van der Waals surface area (Å²) >= 11 is 0. The molecule has 4 atom stereocenters. The highest BCUT2D eigenvalue weighted by molar-refractivity contribution is 5.66. The first-order valence-corrected chi connectivity index (χ1v) is 8.05. The third kappa shape index (κ3) is 14.4. The van der Waals surface area contributed by atoms with E-state index in [1.54, 1.807) is 13.0 Å². The van der Waals surface area contributed by atoms with Crippen LogP contribution in [0, 0.1) is 0 Å². The second kappa shape index (κ2) is 13.5. The van der Waals surface area contributed by atoms with Crippen molar-refractivity contribution in [2.24, 2.45) is 0 Å². The zero-order chi connectivity index (χ0) is 17.7. The lowest BCUT2D eigenvalue weighted by atomic mass is 10.3. The average molecular weight is 332 g/mol. The second-order valence-corrected chi connectivity index (χ2v) is 5.68. The lowest BCUT2D eigenvalue weighted by Gasteiger charge is -2.21. The monoisotopic (exact) mass is 332 g/mol. The number of ether oxygens (including phenoxy) is 5. The molecule has 0 fully saturated rings. The van der Waals surface area contributed by atoms with Gasteiger partial charge in [-0.05, 0) is 27.7 Å². The molecule has 0 saturated heterocycles. The van der Waals surface area contributed by atoms with E-state index in [1.807, 2.05) is 20.8 Å². The van der Waals surface area contributed by atoms with Crippen molar-refractivity contribution in [2.45, 2.75) is 59.0 Å². The van der Waals surface area contributed by atoms with Crippen molar-refractivity contribution in [1.29, 1.82) is 0 Å². The minimum Gasteiger partial charge on any atom is -0.460 e. The Balaban J connectivity index is 3.68. The summed E-state index contributed by atoms with van der Waals surface area (Å²) in [5.41, 5.74) is 0. The van der Waals surface area contributed by atoms with Crippen LogP contribution in [0.2, 0.25) is 0 Å². The lowest BCUT2D eigenvalue weighted by molar-refractivity contribution is -0.150. The summed E-state index contributed by atoms with van der Waals surface area (Å²) < 4.78 is 27.2. The van der Waals surface area contributed by atoms with E-state index in [4.69, 9.17) is 23.7 Å². The molecule has 6 heteroatoms. The fourth-order valence-corrected chi connectivity index (χ4v) is 1.68. The summed E-state index contributed by atoms with van der Waals surface area (Å²) in [7, 11) is 0. The zero-order valence-electron chi connectivity index (χ0n) is 15.1. The van der Waals surface area contributed by atoms with Gasteiger partial charge in [-0.15, -0.1) is 6.58 Å². The summed E-state index contributed by atoms with van der Waals surface area (Å²) in [6.07, 6.45) is 1.35. The maximum atomic E-state index is 10.8. The molecule has 0 rings (SSSR count). The molecule has 0 aliphatic heterocycles. The Bertz CT molecular complexity index is 320. The minimum atomic E-state index is -0.304. The van der Waals surface area contributed by atoms with Crippen LogP contribution in [0.5, 0.6) is 0 Å². The molecule has 0 N–H and O–H groups in total. The molecule has 0 saturated carbocycles. The summed E-state index contributed by atoms with van der Waals surface area (Å²) in [6, 6.07) is 0. The molecule has 6 nitrogen and oxygen atoms in total. The maximum absolute atomic E-state index is 10.8. The number of hydrogen-bond acceptors (Lipinski definition) is 6. The Morgan fingerprint density at radius 1 is 0.870 bits per heavy atom. The molecule has 23 heavy (non-hydrogen) atoms. The lowest BCUT2D eigenvalue weighted by Crippen LogP contribution is -2.28. The molecule has 0 bridgehead atoms. The van der Waals surface area contributed by atoms with Gasteiger partial charge in [-0.25, -0.2) is 0 Å². The highest BCUT2D eigenvalue weighted by atomic mass is 16.6. The van der Waals surface area contributed by atoms with Gasteiger partial charge < -0.3 is 23.7 Å². The third-order valence-corrected chi connectivity index (χ3v) is 2.80. The fourth-order valence-electron chi connectivity index (χ4n) is 1.68. The maximum Gasteiger partial charge on any atom is 0.302 e. The molecule has 0 aromatic heterocycles. The molecular formula is C17H32O6. The van der Waals surface area contributed by atoms with Crippen LogP contribution in [0.3, 0.4) is 0 Å². The summed E-state index contributed by atoms with van der Waals surface area (Å²) in [4.78, 5) is 10.8. The van der Waals surface area contributed by atoms with Gasteiger partial charge in [0.15, 0.2) is 0 Å². The van der Waals surface area contributed by atoms with Crippen molar-refractivity contribution >= 4 is 5.97 Å². The smallest absolute Gasteiger partial charge is 0.302 e. The number of esters is 1. The average Bonchev–Trinajstić information content (AvgIpc) is 2.48. The predicted octanol–water partition coefficient (Wildman–Crippen LogP) is 2.36. The topological polar surface area (TPSA) is 63.2 Å². The van der Waals surface area contributed by atoms with Crippen LogP contribution in [-0.4, -0.2) is 63.4 Å². The van der Waals surface area contributed by atoms with Crippen molar-refractivity contribution in [1.82, 2.24) is 0 Å². The van der Waals surface area contributed by atoms with Gasteiger partial charge >= 0.3 is 5.97 Å². The van der Waals surface area contributed by atoms with Crippen molar-refractivity contribution in [2.75, 3.05) is 33.0 Å². The Morgan fingerprint density at radius 3 is 1.74 bits per heavy atom. The number of carbonyl (C=O) groups is 1. The van der Waals surface area contributed by atoms with E-state index in [1.165, 1.54) is 6.92 Å². The highest BCUT2D eigenvalue weighted by Gasteiger charge is 2.12. The van der Waals surface area contributed by atoms with Gasteiger partial charge in [0.2, 0.25) is 0 Å². The molecular weight excluding hydrogens is 300 g/mol. The van der Waals surface area contributed by atoms with E-state index in [2.05, 4.69) is 6.58 Å². The van der Waals surface area contributed by atoms with Gasteiger partial charge in [0.05, 0.1) is 51.3 Å². The molecule has 0 heterocycles. The first-order chi connectivity index (χ1) is 10.8. The van der Waals surface area contributed by atoms with Gasteiger partial charge in [-0.2, -0.15) is 0 Å². The van der Waals surface area contributed by atoms with Crippen molar-refractivity contribution in [3.05, 3.63) is 12.7 Å². The Kier molecular flexibility index (Phi) is 12.9. The minimum absolute atomic E-state index is 0.0132. The quantitative estimate of drug-likeness (QED) is 0.276. The highest BCUT2D eigenvalue weighted by Crippen LogP contribution is 2.02. The van der Waals surface area contributed by atoms with Crippen LogP contribution in [0.4, 0.5) is 0 Å². The molecule has 0 aromatic rings. The molecule has 136 valence electrons. The molecule has 4 unspecified atom stereocenters. The van der Waals surface area contributed by atoms with Gasteiger partial charge in [-0.3, -0.25) is 4.79 Å². The van der Waals surface area contributed by atoms with Crippen LogP contribution in [0.25, 0.3) is 0 Å². The molecule has 0 amide bonds. The van der Waals surface area contributed by atoms with Crippen LogP contribution < -0.4 is 0 Å². The van der Waals surface area contributed by atoms with E-state index in [0.29, 0.717) is 33.0 Å². The van der Waals surface area contributed by atoms with Crippen LogP contribution in [0.1, 0.15) is 34.6 Å². The number of carbonyl (C=O) groups excluding carboxylic acids is 1. The van der Waals surface area contributed by atoms with E-state index in [9.17, 15) is 4.79 Å². The first kappa shape index (κ1) is 22.1.